The Morgan fingerprint density at radius 1 is 0.765 bits per heavy atom. The zero-order valence-electron chi connectivity index (χ0n) is 9.20. The van der Waals surface area contributed by atoms with E-state index in [2.05, 4.69) is 0 Å². The maximum atomic E-state index is 5.92. The van der Waals surface area contributed by atoms with Crippen LogP contribution in [-0.4, -0.2) is 0 Å². The first kappa shape index (κ1) is 12.4. The molecule has 0 saturated heterocycles. The summed E-state index contributed by atoms with van der Waals surface area (Å²) in [5.41, 5.74) is 2.18. The van der Waals surface area contributed by atoms with Gasteiger partial charge in [0.05, 0.1) is 23.3 Å². The Labute approximate surface area is 111 Å². The standard InChI is InChI=1S/C14H12Cl2O/c15-13-7-6-12(8-14(13)16)10-17-9-11-4-2-1-3-5-11/h1-8H,9-10H2. The van der Waals surface area contributed by atoms with E-state index in [4.69, 9.17) is 27.9 Å². The molecule has 2 aromatic carbocycles. The molecule has 0 N–H and O–H groups in total. The van der Waals surface area contributed by atoms with Gasteiger partial charge in [-0.3, -0.25) is 0 Å². The van der Waals surface area contributed by atoms with Gasteiger partial charge in [0.15, 0.2) is 0 Å². The summed E-state index contributed by atoms with van der Waals surface area (Å²) in [7, 11) is 0. The van der Waals surface area contributed by atoms with Gasteiger partial charge in [-0.15, -0.1) is 0 Å². The number of benzene rings is 2. The maximum absolute atomic E-state index is 5.92. The molecule has 0 heterocycles. The fourth-order valence-corrected chi connectivity index (χ4v) is 1.81. The second kappa shape index (κ2) is 6.06. The van der Waals surface area contributed by atoms with Crippen LogP contribution in [0.3, 0.4) is 0 Å². The third kappa shape index (κ3) is 3.74. The van der Waals surface area contributed by atoms with Crippen molar-refractivity contribution < 1.29 is 4.74 Å². The number of hydrogen-bond donors (Lipinski definition) is 0. The number of rotatable bonds is 4. The number of halogens is 2. The molecule has 2 rings (SSSR count). The zero-order valence-corrected chi connectivity index (χ0v) is 10.7. The van der Waals surface area contributed by atoms with E-state index in [0.717, 1.165) is 11.1 Å². The lowest BCUT2D eigenvalue weighted by molar-refractivity contribution is 0.107. The summed E-state index contributed by atoms with van der Waals surface area (Å²) in [6, 6.07) is 15.6. The van der Waals surface area contributed by atoms with Gasteiger partial charge in [0, 0.05) is 0 Å². The van der Waals surface area contributed by atoms with Gasteiger partial charge in [-0.1, -0.05) is 59.6 Å². The molecule has 0 spiro atoms. The van der Waals surface area contributed by atoms with Gasteiger partial charge < -0.3 is 4.74 Å². The van der Waals surface area contributed by atoms with Crippen LogP contribution in [0.2, 0.25) is 10.0 Å². The van der Waals surface area contributed by atoms with Crippen molar-refractivity contribution in [3.05, 3.63) is 69.7 Å². The second-order valence-corrected chi connectivity index (χ2v) is 4.54. The molecule has 2 aromatic rings. The molecular weight excluding hydrogens is 255 g/mol. The Kier molecular flexibility index (Phi) is 4.43. The van der Waals surface area contributed by atoms with Crippen molar-refractivity contribution in [3.63, 3.8) is 0 Å². The minimum Gasteiger partial charge on any atom is -0.372 e. The van der Waals surface area contributed by atoms with Crippen LogP contribution < -0.4 is 0 Å². The van der Waals surface area contributed by atoms with Gasteiger partial charge in [0.2, 0.25) is 0 Å². The van der Waals surface area contributed by atoms with E-state index in [9.17, 15) is 0 Å². The number of ether oxygens (including phenoxy) is 1. The molecule has 0 aliphatic heterocycles. The van der Waals surface area contributed by atoms with Crippen molar-refractivity contribution in [3.8, 4) is 0 Å². The van der Waals surface area contributed by atoms with E-state index < -0.39 is 0 Å². The fraction of sp³-hybridized carbons (Fsp3) is 0.143. The summed E-state index contributed by atoms with van der Waals surface area (Å²) >= 11 is 11.8. The molecule has 0 bridgehead atoms. The highest BCUT2D eigenvalue weighted by Crippen LogP contribution is 2.23. The molecule has 0 radical (unpaired) electrons. The third-order valence-electron chi connectivity index (χ3n) is 2.36. The Morgan fingerprint density at radius 3 is 2.18 bits per heavy atom. The molecule has 0 atom stereocenters. The highest BCUT2D eigenvalue weighted by Gasteiger charge is 2.00. The van der Waals surface area contributed by atoms with Crippen molar-refractivity contribution in [2.75, 3.05) is 0 Å². The maximum Gasteiger partial charge on any atom is 0.0722 e. The average Bonchev–Trinajstić information content (AvgIpc) is 2.35. The Morgan fingerprint density at radius 2 is 1.47 bits per heavy atom. The Hall–Kier alpha value is -1.02. The molecule has 0 unspecified atom stereocenters. The summed E-state index contributed by atoms with van der Waals surface area (Å²) in [6.07, 6.45) is 0. The van der Waals surface area contributed by atoms with E-state index in [1.165, 1.54) is 0 Å². The van der Waals surface area contributed by atoms with Gasteiger partial charge in [-0.05, 0) is 23.3 Å². The van der Waals surface area contributed by atoms with Crippen LogP contribution in [0.1, 0.15) is 11.1 Å². The molecule has 0 aromatic heterocycles. The summed E-state index contributed by atoms with van der Waals surface area (Å²) in [5.74, 6) is 0. The summed E-state index contributed by atoms with van der Waals surface area (Å²) in [5, 5.41) is 1.13. The molecule has 0 fully saturated rings. The van der Waals surface area contributed by atoms with Crippen molar-refractivity contribution in [1.82, 2.24) is 0 Å². The lowest BCUT2D eigenvalue weighted by atomic mass is 10.2. The molecule has 17 heavy (non-hydrogen) atoms. The van der Waals surface area contributed by atoms with Crippen molar-refractivity contribution in [1.29, 1.82) is 0 Å². The fourth-order valence-electron chi connectivity index (χ4n) is 1.49. The smallest absolute Gasteiger partial charge is 0.0722 e. The third-order valence-corrected chi connectivity index (χ3v) is 3.10. The van der Waals surface area contributed by atoms with Gasteiger partial charge in [0.1, 0.15) is 0 Å². The summed E-state index contributed by atoms with van der Waals surface area (Å²) < 4.78 is 5.60. The van der Waals surface area contributed by atoms with Crippen LogP contribution >= 0.6 is 23.2 Å². The Bertz CT molecular complexity index is 483. The zero-order chi connectivity index (χ0) is 12.1. The largest absolute Gasteiger partial charge is 0.372 e. The van der Waals surface area contributed by atoms with Gasteiger partial charge in [-0.2, -0.15) is 0 Å². The van der Waals surface area contributed by atoms with Crippen LogP contribution in [0, 0.1) is 0 Å². The minimum absolute atomic E-state index is 0.534. The normalized spacial score (nSPS) is 10.5. The topological polar surface area (TPSA) is 9.23 Å². The first-order chi connectivity index (χ1) is 8.25. The summed E-state index contributed by atoms with van der Waals surface area (Å²) in [4.78, 5) is 0. The van der Waals surface area contributed by atoms with Crippen LogP contribution in [-0.2, 0) is 18.0 Å². The lowest BCUT2D eigenvalue weighted by Gasteiger charge is -2.05. The van der Waals surface area contributed by atoms with Crippen LogP contribution in [0.4, 0.5) is 0 Å². The monoisotopic (exact) mass is 266 g/mol. The molecular formula is C14H12Cl2O. The predicted octanol–water partition coefficient (Wildman–Crippen LogP) is 4.71. The van der Waals surface area contributed by atoms with Crippen LogP contribution in [0.25, 0.3) is 0 Å². The molecule has 88 valence electrons. The Balaban J connectivity index is 1.88. The molecule has 0 aliphatic rings. The highest BCUT2D eigenvalue weighted by molar-refractivity contribution is 6.42. The van der Waals surface area contributed by atoms with Gasteiger partial charge in [-0.25, -0.2) is 0 Å². The van der Waals surface area contributed by atoms with E-state index in [-0.39, 0.29) is 0 Å². The average molecular weight is 267 g/mol. The SMILES string of the molecule is Clc1ccc(COCc2ccccc2)cc1Cl. The first-order valence-electron chi connectivity index (χ1n) is 5.31. The first-order valence-corrected chi connectivity index (χ1v) is 6.07. The van der Waals surface area contributed by atoms with Gasteiger partial charge >= 0.3 is 0 Å². The van der Waals surface area contributed by atoms with E-state index >= 15 is 0 Å². The van der Waals surface area contributed by atoms with Crippen molar-refractivity contribution in [2.24, 2.45) is 0 Å². The minimum atomic E-state index is 0.534. The van der Waals surface area contributed by atoms with Crippen molar-refractivity contribution >= 4 is 23.2 Å². The molecule has 0 amide bonds. The summed E-state index contributed by atoms with van der Waals surface area (Å²) in [6.45, 7) is 1.13. The molecule has 0 aliphatic carbocycles. The predicted molar refractivity (Wildman–Crippen MR) is 71.4 cm³/mol. The quantitative estimate of drug-likeness (QED) is 0.779. The van der Waals surface area contributed by atoms with Crippen LogP contribution in [0.5, 0.6) is 0 Å². The van der Waals surface area contributed by atoms with E-state index in [1.807, 2.05) is 42.5 Å². The lowest BCUT2D eigenvalue weighted by Crippen LogP contribution is -1.93. The second-order valence-electron chi connectivity index (χ2n) is 3.73. The van der Waals surface area contributed by atoms with E-state index in [0.29, 0.717) is 23.3 Å². The number of hydrogen-bond acceptors (Lipinski definition) is 1. The van der Waals surface area contributed by atoms with E-state index in [1.54, 1.807) is 6.07 Å². The molecule has 1 nitrogen and oxygen atoms in total. The van der Waals surface area contributed by atoms with Crippen molar-refractivity contribution in [2.45, 2.75) is 13.2 Å². The molecule has 0 saturated carbocycles. The molecule has 3 heteroatoms. The van der Waals surface area contributed by atoms with Crippen LogP contribution in [0.15, 0.2) is 48.5 Å². The van der Waals surface area contributed by atoms with Gasteiger partial charge in [0.25, 0.3) is 0 Å². The highest BCUT2D eigenvalue weighted by atomic mass is 35.5.